The minimum atomic E-state index is 0. The summed E-state index contributed by atoms with van der Waals surface area (Å²) in [5, 5.41) is 8.45. The SMILES string of the molecule is Cl.Cl.Clc1ccc2c(c1)CN=C(SCC1=CSC3=NCCN13)N2. The Hall–Kier alpha value is -0.530. The summed E-state index contributed by atoms with van der Waals surface area (Å²) in [6.07, 6.45) is 0. The number of nitrogens with one attached hydrogen (secondary N) is 1. The van der Waals surface area contributed by atoms with Gasteiger partial charge in [-0.25, -0.2) is 0 Å². The van der Waals surface area contributed by atoms with E-state index >= 15 is 0 Å². The van der Waals surface area contributed by atoms with E-state index in [4.69, 9.17) is 11.6 Å². The Bertz CT molecular complexity index is 691. The standard InChI is InChI=1S/C14H13ClN4S2.2ClH/c15-10-1-2-12-9(5-10)6-17-13(18-12)20-7-11-8-21-14-16-3-4-19(11)14;;/h1-2,5,8H,3-4,6-7H2,(H,17,18);2*1H. The second-order valence-electron chi connectivity index (χ2n) is 4.88. The number of nitrogens with zero attached hydrogens (tertiary/aromatic N) is 3. The van der Waals surface area contributed by atoms with Gasteiger partial charge in [0.1, 0.15) is 0 Å². The molecule has 0 amide bonds. The summed E-state index contributed by atoms with van der Waals surface area (Å²) in [7, 11) is 0. The highest BCUT2D eigenvalue weighted by Gasteiger charge is 2.26. The van der Waals surface area contributed by atoms with Gasteiger partial charge in [-0.15, -0.1) is 24.8 Å². The molecule has 0 saturated carbocycles. The molecule has 0 aliphatic carbocycles. The minimum absolute atomic E-state index is 0. The molecule has 124 valence electrons. The Morgan fingerprint density at radius 3 is 3.04 bits per heavy atom. The predicted molar refractivity (Wildman–Crippen MR) is 108 cm³/mol. The molecule has 3 aliphatic rings. The van der Waals surface area contributed by atoms with Crippen LogP contribution in [0.1, 0.15) is 5.56 Å². The molecular formula is C14H15Cl3N4S2. The Kier molecular flexibility index (Phi) is 6.57. The lowest BCUT2D eigenvalue weighted by Crippen LogP contribution is -2.23. The van der Waals surface area contributed by atoms with Crippen molar-refractivity contribution in [1.82, 2.24) is 4.90 Å². The second kappa shape index (κ2) is 8.03. The smallest absolute Gasteiger partial charge is 0.167 e. The van der Waals surface area contributed by atoms with Crippen LogP contribution in [0, 0.1) is 0 Å². The number of thioether (sulfide) groups is 2. The molecule has 0 fully saturated rings. The van der Waals surface area contributed by atoms with Gasteiger partial charge in [0.2, 0.25) is 0 Å². The van der Waals surface area contributed by atoms with Gasteiger partial charge in [-0.3, -0.25) is 9.98 Å². The van der Waals surface area contributed by atoms with E-state index in [9.17, 15) is 0 Å². The largest absolute Gasteiger partial charge is 0.335 e. The Labute approximate surface area is 161 Å². The van der Waals surface area contributed by atoms with Crippen LogP contribution >= 0.6 is 59.9 Å². The molecule has 3 aliphatic heterocycles. The van der Waals surface area contributed by atoms with Crippen molar-refractivity contribution in [3.63, 3.8) is 0 Å². The van der Waals surface area contributed by atoms with Crippen LogP contribution in [0.3, 0.4) is 0 Å². The van der Waals surface area contributed by atoms with E-state index in [-0.39, 0.29) is 24.8 Å². The summed E-state index contributed by atoms with van der Waals surface area (Å²) in [4.78, 5) is 11.4. The molecule has 1 N–H and O–H groups in total. The maximum absolute atomic E-state index is 6.00. The van der Waals surface area contributed by atoms with Crippen LogP contribution in [0.15, 0.2) is 39.3 Å². The molecule has 3 heterocycles. The average Bonchev–Trinajstić information content (AvgIpc) is 3.08. The Morgan fingerprint density at radius 2 is 2.17 bits per heavy atom. The number of benzene rings is 1. The van der Waals surface area contributed by atoms with Crippen molar-refractivity contribution in [1.29, 1.82) is 0 Å². The van der Waals surface area contributed by atoms with Gasteiger partial charge in [0, 0.05) is 28.7 Å². The van der Waals surface area contributed by atoms with Gasteiger partial charge < -0.3 is 10.2 Å². The third kappa shape index (κ3) is 3.94. The normalized spacial score (nSPS) is 17.8. The summed E-state index contributed by atoms with van der Waals surface area (Å²) < 4.78 is 0. The molecule has 0 spiro atoms. The number of rotatable bonds is 2. The quantitative estimate of drug-likeness (QED) is 0.783. The molecular weight excluding hydrogens is 395 g/mol. The molecule has 1 aromatic carbocycles. The van der Waals surface area contributed by atoms with Crippen LogP contribution in [0.25, 0.3) is 0 Å². The fourth-order valence-corrected chi connectivity index (χ4v) is 4.56. The van der Waals surface area contributed by atoms with E-state index in [0.717, 1.165) is 45.5 Å². The van der Waals surface area contributed by atoms with Crippen molar-refractivity contribution < 1.29 is 0 Å². The molecule has 0 bridgehead atoms. The zero-order valence-electron chi connectivity index (χ0n) is 12.0. The van der Waals surface area contributed by atoms with Gasteiger partial charge in [-0.1, -0.05) is 35.1 Å². The maximum Gasteiger partial charge on any atom is 0.167 e. The van der Waals surface area contributed by atoms with Gasteiger partial charge in [0.05, 0.1) is 13.1 Å². The molecule has 9 heteroatoms. The molecule has 0 atom stereocenters. The van der Waals surface area contributed by atoms with Crippen molar-refractivity contribution in [2.75, 3.05) is 24.2 Å². The summed E-state index contributed by atoms with van der Waals surface area (Å²) in [6, 6.07) is 5.89. The number of hydrogen-bond donors (Lipinski definition) is 1. The highest BCUT2D eigenvalue weighted by molar-refractivity contribution is 8.17. The number of amidine groups is 2. The number of aliphatic imine (C=N–C) groups is 2. The first-order valence-electron chi connectivity index (χ1n) is 6.70. The summed E-state index contributed by atoms with van der Waals surface area (Å²) >= 11 is 9.47. The van der Waals surface area contributed by atoms with Crippen LogP contribution in [-0.2, 0) is 6.54 Å². The molecule has 1 aromatic rings. The van der Waals surface area contributed by atoms with Crippen molar-refractivity contribution in [3.05, 3.63) is 39.9 Å². The first-order valence-corrected chi connectivity index (χ1v) is 8.94. The Balaban J connectivity index is 0.000000960. The summed E-state index contributed by atoms with van der Waals surface area (Å²) in [6.45, 7) is 2.61. The zero-order valence-corrected chi connectivity index (χ0v) is 16.0. The van der Waals surface area contributed by atoms with Gasteiger partial charge in [-0.2, -0.15) is 0 Å². The third-order valence-corrected chi connectivity index (χ3v) is 5.64. The monoisotopic (exact) mass is 408 g/mol. The van der Waals surface area contributed by atoms with Crippen LogP contribution in [0.2, 0.25) is 5.02 Å². The van der Waals surface area contributed by atoms with Crippen LogP contribution in [0.4, 0.5) is 5.69 Å². The lowest BCUT2D eigenvalue weighted by atomic mass is 10.1. The number of fused-ring (bicyclic) bond motifs is 2. The molecule has 23 heavy (non-hydrogen) atoms. The van der Waals surface area contributed by atoms with Crippen molar-refractivity contribution in [2.24, 2.45) is 9.98 Å². The van der Waals surface area contributed by atoms with E-state index < -0.39 is 0 Å². The van der Waals surface area contributed by atoms with Crippen LogP contribution < -0.4 is 5.32 Å². The average molecular weight is 410 g/mol. The predicted octanol–water partition coefficient (Wildman–Crippen LogP) is 4.46. The fraction of sp³-hybridized carbons (Fsp3) is 0.286. The van der Waals surface area contributed by atoms with E-state index in [1.807, 2.05) is 18.2 Å². The van der Waals surface area contributed by atoms with Gasteiger partial charge in [-0.05, 0) is 29.2 Å². The van der Waals surface area contributed by atoms with Crippen molar-refractivity contribution >= 4 is 76.0 Å². The second-order valence-corrected chi connectivity index (χ2v) is 7.12. The number of hydrogen-bond acceptors (Lipinski definition) is 6. The fourth-order valence-electron chi connectivity index (χ4n) is 2.44. The zero-order chi connectivity index (χ0) is 14.2. The first-order chi connectivity index (χ1) is 10.3. The highest BCUT2D eigenvalue weighted by atomic mass is 35.5. The molecule has 4 nitrogen and oxygen atoms in total. The summed E-state index contributed by atoms with van der Waals surface area (Å²) in [5.41, 5.74) is 3.58. The lowest BCUT2D eigenvalue weighted by molar-refractivity contribution is 0.579. The lowest BCUT2D eigenvalue weighted by Gasteiger charge is -2.20. The topological polar surface area (TPSA) is 40.0 Å². The minimum Gasteiger partial charge on any atom is -0.335 e. The van der Waals surface area contributed by atoms with E-state index in [1.165, 1.54) is 5.70 Å². The van der Waals surface area contributed by atoms with E-state index in [0.29, 0.717) is 6.54 Å². The molecule has 0 unspecified atom stereocenters. The van der Waals surface area contributed by atoms with E-state index in [1.54, 1.807) is 23.5 Å². The third-order valence-electron chi connectivity index (χ3n) is 3.51. The molecule has 4 rings (SSSR count). The Morgan fingerprint density at radius 1 is 1.30 bits per heavy atom. The van der Waals surface area contributed by atoms with Crippen molar-refractivity contribution in [2.45, 2.75) is 6.54 Å². The van der Waals surface area contributed by atoms with Crippen LogP contribution in [-0.4, -0.2) is 34.1 Å². The molecule has 0 radical (unpaired) electrons. The first kappa shape index (κ1) is 18.8. The van der Waals surface area contributed by atoms with Gasteiger partial charge >= 0.3 is 0 Å². The molecule has 0 aromatic heterocycles. The van der Waals surface area contributed by atoms with Gasteiger partial charge in [0.25, 0.3) is 0 Å². The summed E-state index contributed by atoms with van der Waals surface area (Å²) in [5.74, 6) is 0.917. The highest BCUT2D eigenvalue weighted by Crippen LogP contribution is 2.32. The van der Waals surface area contributed by atoms with Gasteiger partial charge in [0.15, 0.2) is 10.3 Å². The number of anilines is 1. The van der Waals surface area contributed by atoms with E-state index in [2.05, 4.69) is 25.6 Å². The maximum atomic E-state index is 6.00. The van der Waals surface area contributed by atoms with Crippen molar-refractivity contribution in [3.8, 4) is 0 Å². The van der Waals surface area contributed by atoms with Crippen LogP contribution in [0.5, 0.6) is 0 Å². The molecule has 0 saturated heterocycles. The number of halogens is 3.